The van der Waals surface area contributed by atoms with Gasteiger partial charge in [-0.15, -0.1) is 0 Å². The third kappa shape index (κ3) is 4.17. The Morgan fingerprint density at radius 1 is 1.19 bits per heavy atom. The number of nitrogens with two attached hydrogens (primary N) is 1. The number of carbonyl (C=O) groups excluding carboxylic acids is 2. The van der Waals surface area contributed by atoms with Crippen LogP contribution in [0.5, 0.6) is 0 Å². The summed E-state index contributed by atoms with van der Waals surface area (Å²) in [5, 5.41) is 2.96. The fraction of sp³-hybridized carbons (Fsp3) is 0.429. The molecule has 21 heavy (non-hydrogen) atoms. The Labute approximate surface area is 128 Å². The number of nitrogens with zero attached hydrogens (tertiary/aromatic N) is 2. The molecule has 0 saturated carbocycles. The van der Waals surface area contributed by atoms with Crippen molar-refractivity contribution in [3.05, 3.63) is 29.3 Å². The number of carbonyl (C=O) groups is 2. The second-order valence-corrected chi connectivity index (χ2v) is 5.26. The van der Waals surface area contributed by atoms with Gasteiger partial charge >= 0.3 is 11.8 Å². The van der Waals surface area contributed by atoms with Gasteiger partial charge in [0, 0.05) is 39.3 Å². The van der Waals surface area contributed by atoms with Crippen molar-refractivity contribution < 1.29 is 9.59 Å². The molecule has 114 valence electrons. The zero-order valence-corrected chi connectivity index (χ0v) is 12.5. The summed E-state index contributed by atoms with van der Waals surface area (Å²) in [7, 11) is 0. The Morgan fingerprint density at radius 2 is 1.86 bits per heavy atom. The van der Waals surface area contributed by atoms with Gasteiger partial charge in [0.1, 0.15) is 0 Å². The molecule has 3 N–H and O–H groups in total. The molecular formula is C14H19ClN4O2. The van der Waals surface area contributed by atoms with Gasteiger partial charge in [-0.05, 0) is 12.1 Å². The van der Waals surface area contributed by atoms with Gasteiger partial charge in [-0.1, -0.05) is 23.7 Å². The molecule has 1 aromatic rings. The van der Waals surface area contributed by atoms with E-state index in [-0.39, 0.29) is 0 Å². The van der Waals surface area contributed by atoms with Crippen LogP contribution in [0.15, 0.2) is 24.3 Å². The van der Waals surface area contributed by atoms with Crippen LogP contribution >= 0.6 is 11.6 Å². The van der Waals surface area contributed by atoms with Gasteiger partial charge in [-0.3, -0.25) is 14.5 Å². The maximum absolute atomic E-state index is 12.1. The van der Waals surface area contributed by atoms with Crippen LogP contribution < -0.4 is 11.1 Å². The van der Waals surface area contributed by atoms with E-state index in [9.17, 15) is 9.59 Å². The van der Waals surface area contributed by atoms with E-state index >= 15 is 0 Å². The molecule has 2 rings (SSSR count). The summed E-state index contributed by atoms with van der Waals surface area (Å²) >= 11 is 5.95. The van der Waals surface area contributed by atoms with Crippen molar-refractivity contribution in [1.29, 1.82) is 0 Å². The highest BCUT2D eigenvalue weighted by atomic mass is 35.5. The summed E-state index contributed by atoms with van der Waals surface area (Å²) in [6, 6.07) is 6.83. The van der Waals surface area contributed by atoms with E-state index in [1.807, 2.05) is 0 Å². The van der Waals surface area contributed by atoms with Crippen LogP contribution in [0.1, 0.15) is 0 Å². The minimum atomic E-state index is -0.657. The lowest BCUT2D eigenvalue weighted by atomic mass is 10.3. The summed E-state index contributed by atoms with van der Waals surface area (Å²) in [6.45, 7) is 3.96. The Kier molecular flexibility index (Phi) is 5.55. The molecule has 1 aliphatic heterocycles. The monoisotopic (exact) mass is 310 g/mol. The van der Waals surface area contributed by atoms with E-state index in [1.165, 1.54) is 0 Å². The number of para-hydroxylation sites is 1. The quantitative estimate of drug-likeness (QED) is 0.791. The molecule has 6 nitrogen and oxygen atoms in total. The Bertz CT molecular complexity index is 515. The second-order valence-electron chi connectivity index (χ2n) is 4.86. The normalized spacial score (nSPS) is 15.8. The molecule has 1 fully saturated rings. The van der Waals surface area contributed by atoms with Gasteiger partial charge in [0.15, 0.2) is 0 Å². The zero-order valence-electron chi connectivity index (χ0n) is 11.7. The van der Waals surface area contributed by atoms with Crippen LogP contribution in [0, 0.1) is 0 Å². The molecule has 0 atom stereocenters. The molecule has 7 heteroatoms. The zero-order chi connectivity index (χ0) is 15.2. The highest BCUT2D eigenvalue weighted by molar-refractivity contribution is 6.41. The molecule has 0 aromatic heterocycles. The van der Waals surface area contributed by atoms with E-state index in [4.69, 9.17) is 17.3 Å². The number of hydrogen-bond donors (Lipinski definition) is 2. The summed E-state index contributed by atoms with van der Waals surface area (Å²) in [5.74, 6) is -1.18. The average Bonchev–Trinajstić information content (AvgIpc) is 2.50. The summed E-state index contributed by atoms with van der Waals surface area (Å²) < 4.78 is 0. The summed E-state index contributed by atoms with van der Waals surface area (Å²) in [4.78, 5) is 27.8. The first-order chi connectivity index (χ1) is 10.1. The van der Waals surface area contributed by atoms with Crippen molar-refractivity contribution in [3.63, 3.8) is 0 Å². The molecule has 0 radical (unpaired) electrons. The minimum absolute atomic E-state index is 0.409. The SMILES string of the molecule is NCCN1CCN(C(=O)C(=O)Nc2ccccc2Cl)CC1. The fourth-order valence-electron chi connectivity index (χ4n) is 2.24. The predicted octanol–water partition coefficient (Wildman–Crippen LogP) is 0.381. The number of amides is 2. The molecule has 0 spiro atoms. The Balaban J connectivity index is 1.89. The van der Waals surface area contributed by atoms with Crippen molar-refractivity contribution in [2.45, 2.75) is 0 Å². The fourth-order valence-corrected chi connectivity index (χ4v) is 2.42. The number of benzene rings is 1. The number of nitrogens with one attached hydrogen (secondary N) is 1. The van der Waals surface area contributed by atoms with Crippen molar-refractivity contribution in [1.82, 2.24) is 9.80 Å². The van der Waals surface area contributed by atoms with E-state index in [2.05, 4.69) is 10.2 Å². The van der Waals surface area contributed by atoms with Crippen LogP contribution in [0.2, 0.25) is 5.02 Å². The first-order valence-electron chi connectivity index (χ1n) is 6.89. The lowest BCUT2D eigenvalue weighted by molar-refractivity contribution is -0.144. The summed E-state index contributed by atoms with van der Waals surface area (Å²) in [6.07, 6.45) is 0. The highest BCUT2D eigenvalue weighted by Gasteiger charge is 2.26. The molecular weight excluding hydrogens is 292 g/mol. The highest BCUT2D eigenvalue weighted by Crippen LogP contribution is 2.20. The van der Waals surface area contributed by atoms with Gasteiger partial charge in [0.05, 0.1) is 10.7 Å². The second kappa shape index (κ2) is 7.40. The number of anilines is 1. The maximum Gasteiger partial charge on any atom is 0.313 e. The van der Waals surface area contributed by atoms with E-state index in [0.29, 0.717) is 30.3 Å². The lowest BCUT2D eigenvalue weighted by Crippen LogP contribution is -2.52. The third-order valence-corrected chi connectivity index (χ3v) is 3.75. The summed E-state index contributed by atoms with van der Waals surface area (Å²) in [5.41, 5.74) is 5.95. The predicted molar refractivity (Wildman–Crippen MR) is 82.2 cm³/mol. The van der Waals surface area contributed by atoms with Gasteiger partial charge in [-0.25, -0.2) is 0 Å². The Hall–Kier alpha value is -1.63. The van der Waals surface area contributed by atoms with E-state index in [0.717, 1.165) is 19.6 Å². The van der Waals surface area contributed by atoms with Gasteiger partial charge in [-0.2, -0.15) is 0 Å². The van der Waals surface area contributed by atoms with E-state index < -0.39 is 11.8 Å². The first-order valence-corrected chi connectivity index (χ1v) is 7.27. The van der Waals surface area contributed by atoms with Crippen LogP contribution in [-0.4, -0.2) is 60.9 Å². The van der Waals surface area contributed by atoms with E-state index in [1.54, 1.807) is 29.2 Å². The standard InChI is InChI=1S/C14H19ClN4O2/c15-11-3-1-2-4-12(11)17-13(20)14(21)19-9-7-18(6-5-16)8-10-19/h1-4H,5-10,16H2,(H,17,20). The molecule has 1 heterocycles. The van der Waals surface area contributed by atoms with Gasteiger partial charge in [0.2, 0.25) is 0 Å². The van der Waals surface area contributed by atoms with Crippen molar-refractivity contribution in [2.24, 2.45) is 5.73 Å². The number of rotatable bonds is 3. The van der Waals surface area contributed by atoms with Crippen LogP contribution in [-0.2, 0) is 9.59 Å². The van der Waals surface area contributed by atoms with Crippen LogP contribution in [0.3, 0.4) is 0 Å². The topological polar surface area (TPSA) is 78.7 Å². The largest absolute Gasteiger partial charge is 0.332 e. The van der Waals surface area contributed by atoms with Gasteiger partial charge in [0.25, 0.3) is 0 Å². The van der Waals surface area contributed by atoms with Gasteiger partial charge < -0.3 is 16.0 Å². The molecule has 2 amide bonds. The third-order valence-electron chi connectivity index (χ3n) is 3.42. The van der Waals surface area contributed by atoms with Crippen molar-refractivity contribution in [2.75, 3.05) is 44.6 Å². The average molecular weight is 311 g/mol. The molecule has 1 aliphatic rings. The molecule has 1 aromatic carbocycles. The first kappa shape index (κ1) is 15.8. The number of halogens is 1. The van der Waals surface area contributed by atoms with Crippen LogP contribution in [0.25, 0.3) is 0 Å². The van der Waals surface area contributed by atoms with Crippen molar-refractivity contribution >= 4 is 29.1 Å². The molecule has 0 aliphatic carbocycles. The lowest BCUT2D eigenvalue weighted by Gasteiger charge is -2.34. The van der Waals surface area contributed by atoms with Crippen LogP contribution in [0.4, 0.5) is 5.69 Å². The smallest absolute Gasteiger partial charge is 0.313 e. The molecule has 0 bridgehead atoms. The number of piperazine rings is 1. The molecule has 1 saturated heterocycles. The minimum Gasteiger partial charge on any atom is -0.332 e. The van der Waals surface area contributed by atoms with Crippen molar-refractivity contribution in [3.8, 4) is 0 Å². The molecule has 0 unspecified atom stereocenters. The maximum atomic E-state index is 12.1. The number of hydrogen-bond acceptors (Lipinski definition) is 4. The Morgan fingerprint density at radius 3 is 2.48 bits per heavy atom.